The molecular weight excluding hydrogens is 252 g/mol. The van der Waals surface area contributed by atoms with Gasteiger partial charge in [-0.2, -0.15) is 0 Å². The molecule has 0 N–H and O–H groups in total. The molecule has 2 heterocycles. The molecule has 2 aromatic rings. The third kappa shape index (κ3) is 2.19. The first-order valence-corrected chi connectivity index (χ1v) is 6.93. The molecule has 0 saturated carbocycles. The van der Waals surface area contributed by atoms with Crippen LogP contribution in [0.5, 0.6) is 0 Å². The van der Waals surface area contributed by atoms with Crippen LogP contribution in [0, 0.1) is 6.92 Å². The minimum Gasteiger partial charge on any atom is -0.336 e. The number of hydrogen-bond acceptors (Lipinski definition) is 3. The lowest BCUT2D eigenvalue weighted by molar-refractivity contribution is 0.0747. The van der Waals surface area contributed by atoms with Crippen LogP contribution in [0.25, 0.3) is 5.69 Å². The van der Waals surface area contributed by atoms with Crippen LogP contribution in [0.1, 0.15) is 35.7 Å². The summed E-state index contributed by atoms with van der Waals surface area (Å²) in [6.45, 7) is 4.95. The summed E-state index contributed by atoms with van der Waals surface area (Å²) in [6.07, 6.45) is 5.41. The minimum atomic E-state index is 0.0994. The lowest BCUT2D eigenvalue weighted by Gasteiger charge is -2.23. The van der Waals surface area contributed by atoms with Crippen molar-refractivity contribution in [2.45, 2.75) is 32.7 Å². The minimum absolute atomic E-state index is 0.0994. The van der Waals surface area contributed by atoms with E-state index in [0.29, 0.717) is 6.04 Å². The summed E-state index contributed by atoms with van der Waals surface area (Å²) >= 11 is 0. The van der Waals surface area contributed by atoms with Gasteiger partial charge in [-0.15, -0.1) is 10.2 Å². The van der Waals surface area contributed by atoms with E-state index in [1.807, 2.05) is 30.0 Å². The molecule has 20 heavy (non-hydrogen) atoms. The molecule has 1 aromatic carbocycles. The van der Waals surface area contributed by atoms with Gasteiger partial charge in [0.15, 0.2) is 0 Å². The molecule has 1 aliphatic heterocycles. The molecule has 5 nitrogen and oxygen atoms in total. The van der Waals surface area contributed by atoms with Crippen LogP contribution >= 0.6 is 0 Å². The molecule has 0 bridgehead atoms. The topological polar surface area (TPSA) is 51.0 Å². The van der Waals surface area contributed by atoms with E-state index in [-0.39, 0.29) is 5.91 Å². The van der Waals surface area contributed by atoms with E-state index < -0.39 is 0 Å². The molecule has 0 radical (unpaired) electrons. The number of aryl methyl sites for hydroxylation is 1. The molecule has 1 aliphatic rings. The number of hydrogen-bond donors (Lipinski definition) is 0. The van der Waals surface area contributed by atoms with Gasteiger partial charge in [0.2, 0.25) is 0 Å². The lowest BCUT2D eigenvalue weighted by atomic mass is 10.1. The summed E-state index contributed by atoms with van der Waals surface area (Å²) in [5.74, 6) is 0.0994. The molecule has 104 valence electrons. The van der Waals surface area contributed by atoms with Gasteiger partial charge in [-0.3, -0.25) is 9.36 Å². The summed E-state index contributed by atoms with van der Waals surface area (Å²) in [4.78, 5) is 14.8. The number of benzene rings is 1. The van der Waals surface area contributed by atoms with Crippen LogP contribution < -0.4 is 0 Å². The SMILES string of the molecule is Cc1ccc(-n2cnnc2)c(C(=O)N2CCCC2C)c1. The van der Waals surface area contributed by atoms with Crippen molar-refractivity contribution in [3.8, 4) is 5.69 Å². The average molecular weight is 270 g/mol. The Morgan fingerprint density at radius 3 is 2.70 bits per heavy atom. The summed E-state index contributed by atoms with van der Waals surface area (Å²) in [5.41, 5.74) is 2.64. The van der Waals surface area contributed by atoms with Crippen LogP contribution in [0.2, 0.25) is 0 Å². The number of amides is 1. The zero-order valence-electron chi connectivity index (χ0n) is 11.8. The van der Waals surface area contributed by atoms with Crippen LogP contribution in [0.15, 0.2) is 30.9 Å². The Balaban J connectivity index is 2.03. The molecule has 1 aromatic heterocycles. The number of carbonyl (C=O) groups excluding carboxylic acids is 1. The van der Waals surface area contributed by atoms with Crippen LogP contribution in [0.4, 0.5) is 0 Å². The first-order chi connectivity index (χ1) is 9.66. The van der Waals surface area contributed by atoms with Gasteiger partial charge < -0.3 is 4.90 Å². The molecule has 1 saturated heterocycles. The van der Waals surface area contributed by atoms with Gasteiger partial charge in [0.25, 0.3) is 5.91 Å². The molecule has 5 heteroatoms. The molecule has 1 atom stereocenters. The van der Waals surface area contributed by atoms with E-state index in [1.54, 1.807) is 17.2 Å². The molecule has 1 fully saturated rings. The van der Waals surface area contributed by atoms with Crippen molar-refractivity contribution in [3.63, 3.8) is 0 Å². The van der Waals surface area contributed by atoms with E-state index in [9.17, 15) is 4.79 Å². The quantitative estimate of drug-likeness (QED) is 0.840. The van der Waals surface area contributed by atoms with E-state index in [0.717, 1.165) is 36.2 Å². The summed E-state index contributed by atoms with van der Waals surface area (Å²) in [5, 5.41) is 7.64. The van der Waals surface area contributed by atoms with Gasteiger partial charge in [0.05, 0.1) is 11.3 Å². The molecular formula is C15H18N4O. The number of aromatic nitrogens is 3. The van der Waals surface area contributed by atoms with Gasteiger partial charge in [-0.1, -0.05) is 11.6 Å². The van der Waals surface area contributed by atoms with Crippen molar-refractivity contribution in [1.82, 2.24) is 19.7 Å². The highest BCUT2D eigenvalue weighted by Crippen LogP contribution is 2.23. The van der Waals surface area contributed by atoms with Crippen molar-refractivity contribution in [1.29, 1.82) is 0 Å². The van der Waals surface area contributed by atoms with Gasteiger partial charge in [-0.05, 0) is 38.8 Å². The average Bonchev–Trinajstić information content (AvgIpc) is 3.09. The van der Waals surface area contributed by atoms with Gasteiger partial charge in [0, 0.05) is 12.6 Å². The Bertz CT molecular complexity index is 621. The maximum absolute atomic E-state index is 12.8. The maximum atomic E-state index is 12.8. The number of carbonyl (C=O) groups is 1. The normalized spacial score (nSPS) is 18.5. The Labute approximate surface area is 118 Å². The third-order valence-corrected chi connectivity index (χ3v) is 3.89. The van der Waals surface area contributed by atoms with E-state index in [2.05, 4.69) is 17.1 Å². The molecule has 0 spiro atoms. The van der Waals surface area contributed by atoms with E-state index in [4.69, 9.17) is 0 Å². The largest absolute Gasteiger partial charge is 0.336 e. The molecule has 1 amide bonds. The second-order valence-electron chi connectivity index (χ2n) is 5.38. The van der Waals surface area contributed by atoms with Crippen molar-refractivity contribution in [2.24, 2.45) is 0 Å². The Hall–Kier alpha value is -2.17. The standard InChI is InChI=1S/C15H18N4O/c1-11-5-6-14(18-9-16-17-10-18)13(8-11)15(20)19-7-3-4-12(19)2/h5-6,8-10,12H,3-4,7H2,1-2H3. The number of rotatable bonds is 2. The highest BCUT2D eigenvalue weighted by Gasteiger charge is 2.27. The first kappa shape index (κ1) is 12.8. The zero-order valence-corrected chi connectivity index (χ0v) is 11.8. The fourth-order valence-corrected chi connectivity index (χ4v) is 2.76. The van der Waals surface area contributed by atoms with Gasteiger partial charge in [-0.25, -0.2) is 0 Å². The zero-order chi connectivity index (χ0) is 14.1. The van der Waals surface area contributed by atoms with Crippen LogP contribution in [-0.4, -0.2) is 38.2 Å². The van der Waals surface area contributed by atoms with Crippen molar-refractivity contribution in [2.75, 3.05) is 6.54 Å². The second-order valence-corrected chi connectivity index (χ2v) is 5.38. The highest BCUT2D eigenvalue weighted by atomic mass is 16.2. The van der Waals surface area contributed by atoms with Gasteiger partial charge in [0.1, 0.15) is 12.7 Å². The predicted molar refractivity (Wildman–Crippen MR) is 75.8 cm³/mol. The monoisotopic (exact) mass is 270 g/mol. The summed E-state index contributed by atoms with van der Waals surface area (Å²) in [6, 6.07) is 6.21. The molecule has 3 rings (SSSR count). The Kier molecular flexibility index (Phi) is 3.26. The smallest absolute Gasteiger partial charge is 0.256 e. The first-order valence-electron chi connectivity index (χ1n) is 6.93. The lowest BCUT2D eigenvalue weighted by Crippen LogP contribution is -2.34. The summed E-state index contributed by atoms with van der Waals surface area (Å²) < 4.78 is 1.79. The summed E-state index contributed by atoms with van der Waals surface area (Å²) in [7, 11) is 0. The Morgan fingerprint density at radius 2 is 2.05 bits per heavy atom. The van der Waals surface area contributed by atoms with Gasteiger partial charge >= 0.3 is 0 Å². The number of likely N-dealkylation sites (tertiary alicyclic amines) is 1. The highest BCUT2D eigenvalue weighted by molar-refractivity contribution is 5.98. The third-order valence-electron chi connectivity index (χ3n) is 3.89. The maximum Gasteiger partial charge on any atom is 0.256 e. The Morgan fingerprint density at radius 1 is 1.30 bits per heavy atom. The second kappa shape index (κ2) is 5.07. The van der Waals surface area contributed by atoms with Crippen molar-refractivity contribution < 1.29 is 4.79 Å². The fourth-order valence-electron chi connectivity index (χ4n) is 2.76. The molecule has 0 aliphatic carbocycles. The molecule has 1 unspecified atom stereocenters. The van der Waals surface area contributed by atoms with E-state index >= 15 is 0 Å². The number of nitrogens with zero attached hydrogens (tertiary/aromatic N) is 4. The predicted octanol–water partition coefficient (Wildman–Crippen LogP) is 2.20. The van der Waals surface area contributed by atoms with E-state index in [1.165, 1.54) is 0 Å². The van der Waals surface area contributed by atoms with Crippen molar-refractivity contribution >= 4 is 5.91 Å². The van der Waals surface area contributed by atoms with Crippen molar-refractivity contribution in [3.05, 3.63) is 42.0 Å². The van der Waals surface area contributed by atoms with Crippen LogP contribution in [-0.2, 0) is 0 Å². The fraction of sp³-hybridized carbons (Fsp3) is 0.400. The van der Waals surface area contributed by atoms with Crippen LogP contribution in [0.3, 0.4) is 0 Å².